The Balaban J connectivity index is 1.37. The Hall–Kier alpha value is -7.37. The summed E-state index contributed by atoms with van der Waals surface area (Å²) >= 11 is 0. The first kappa shape index (κ1) is 30.1. The number of fused-ring (bicyclic) bond motifs is 13. The molecule has 0 spiro atoms. The fourth-order valence-corrected chi connectivity index (χ4v) is 9.43. The Bertz CT molecular complexity index is 3270. The van der Waals surface area contributed by atoms with E-state index < -0.39 is 5.41 Å². The van der Waals surface area contributed by atoms with Gasteiger partial charge < -0.3 is 0 Å². The number of nitrogens with zero attached hydrogens (tertiary/aromatic N) is 5. The van der Waals surface area contributed by atoms with Crippen molar-refractivity contribution in [2.45, 2.75) is 5.41 Å². The van der Waals surface area contributed by atoms with Gasteiger partial charge in [0.1, 0.15) is 5.65 Å². The van der Waals surface area contributed by atoms with Gasteiger partial charge in [0.2, 0.25) is 5.95 Å². The molecule has 5 heteroatoms. The molecule has 0 saturated heterocycles. The van der Waals surface area contributed by atoms with Crippen LogP contribution in [-0.2, 0) is 5.41 Å². The molecule has 0 bridgehead atoms. The summed E-state index contributed by atoms with van der Waals surface area (Å²) in [4.78, 5) is 16.4. The Labute approximate surface area is 316 Å². The van der Waals surface area contributed by atoms with Crippen molar-refractivity contribution in [2.75, 3.05) is 0 Å². The maximum Gasteiger partial charge on any atom is 0.235 e. The van der Waals surface area contributed by atoms with E-state index in [0.29, 0.717) is 5.95 Å². The average molecular weight is 702 g/mol. The number of aromatic nitrogens is 5. The number of hydrogen-bond acceptors (Lipinski definition) is 3. The molecule has 256 valence electrons. The molecule has 4 heterocycles. The summed E-state index contributed by atoms with van der Waals surface area (Å²) in [5.41, 5.74) is 14.3. The van der Waals surface area contributed by atoms with Crippen molar-refractivity contribution < 1.29 is 0 Å². The molecular weight excluding hydrogens is 671 g/mol. The molecular formula is C50H31N5. The molecule has 0 aliphatic heterocycles. The second-order valence-corrected chi connectivity index (χ2v) is 14.3. The van der Waals surface area contributed by atoms with E-state index >= 15 is 0 Å². The fraction of sp³-hybridized carbons (Fsp3) is 0.0200. The number of benzene rings is 7. The number of pyridine rings is 1. The molecule has 0 fully saturated rings. The third-order valence-electron chi connectivity index (χ3n) is 11.6. The van der Waals surface area contributed by atoms with Gasteiger partial charge in [0.15, 0.2) is 0 Å². The Morgan fingerprint density at radius 2 is 1.04 bits per heavy atom. The molecule has 5 nitrogen and oxygen atoms in total. The predicted molar refractivity (Wildman–Crippen MR) is 223 cm³/mol. The Kier molecular flexibility index (Phi) is 6.20. The largest absolute Gasteiger partial charge is 0.294 e. The Morgan fingerprint density at radius 1 is 0.455 bits per heavy atom. The van der Waals surface area contributed by atoms with E-state index in [9.17, 15) is 0 Å². The third kappa shape index (κ3) is 3.99. The number of rotatable bonds is 4. The highest BCUT2D eigenvalue weighted by molar-refractivity contribution is 6.22. The van der Waals surface area contributed by atoms with Crippen molar-refractivity contribution in [3.8, 4) is 28.3 Å². The summed E-state index contributed by atoms with van der Waals surface area (Å²) in [6.45, 7) is 0. The van der Waals surface area contributed by atoms with E-state index in [-0.39, 0.29) is 0 Å². The molecule has 0 N–H and O–H groups in total. The number of hydrogen-bond donors (Lipinski definition) is 0. The van der Waals surface area contributed by atoms with Crippen molar-refractivity contribution in [1.29, 1.82) is 0 Å². The maximum absolute atomic E-state index is 5.52. The van der Waals surface area contributed by atoms with Gasteiger partial charge in [-0.1, -0.05) is 164 Å². The van der Waals surface area contributed by atoms with Crippen LogP contribution < -0.4 is 0 Å². The molecule has 1 aliphatic rings. The molecule has 12 rings (SSSR count). The second-order valence-electron chi connectivity index (χ2n) is 14.3. The van der Waals surface area contributed by atoms with Crippen LogP contribution in [0.5, 0.6) is 0 Å². The predicted octanol–water partition coefficient (Wildman–Crippen LogP) is 11.6. The quantitative estimate of drug-likeness (QED) is 0.184. The van der Waals surface area contributed by atoms with Gasteiger partial charge in [0, 0.05) is 21.9 Å². The molecule has 55 heavy (non-hydrogen) atoms. The summed E-state index contributed by atoms with van der Waals surface area (Å²) in [6.07, 6.45) is 0. The van der Waals surface area contributed by atoms with E-state index in [0.717, 1.165) is 71.9 Å². The van der Waals surface area contributed by atoms with Crippen LogP contribution in [-0.4, -0.2) is 23.9 Å². The minimum absolute atomic E-state index is 0.626. The lowest BCUT2D eigenvalue weighted by Gasteiger charge is -2.34. The van der Waals surface area contributed by atoms with Crippen LogP contribution in [0.4, 0.5) is 0 Å². The number of imidazole rings is 1. The van der Waals surface area contributed by atoms with Crippen molar-refractivity contribution >= 4 is 49.4 Å². The zero-order valence-electron chi connectivity index (χ0n) is 29.6. The standard InChI is InChI=1S/C50H31N5/c1-4-18-32(19-5-1)45-36-25-11-14-28-39(36)52-49(53-45)54-41-30-16-12-26-37(41)44-46(54)43-35-24-10-13-27-38(35)50(33-20-6-2-7-21-33,34-22-8-3-9-23-34)47(43)55-42-31-17-15-29-40(42)51-48(44)55/h1-31H. The lowest BCUT2D eigenvalue weighted by atomic mass is 9.69. The molecule has 7 aromatic carbocycles. The highest BCUT2D eigenvalue weighted by Crippen LogP contribution is 2.59. The van der Waals surface area contributed by atoms with Crippen LogP contribution in [0.3, 0.4) is 0 Å². The van der Waals surface area contributed by atoms with Gasteiger partial charge in [-0.3, -0.25) is 8.97 Å². The van der Waals surface area contributed by atoms with E-state index in [4.69, 9.17) is 15.0 Å². The lowest BCUT2D eigenvalue weighted by molar-refractivity contribution is 0.730. The van der Waals surface area contributed by atoms with Gasteiger partial charge in [-0.25, -0.2) is 15.0 Å². The molecule has 4 aromatic heterocycles. The van der Waals surface area contributed by atoms with Crippen LogP contribution in [0.1, 0.15) is 22.4 Å². The van der Waals surface area contributed by atoms with E-state index in [1.807, 2.05) is 6.07 Å². The average Bonchev–Trinajstić information content (AvgIpc) is 3.91. The first-order valence-corrected chi connectivity index (χ1v) is 18.7. The van der Waals surface area contributed by atoms with Crippen LogP contribution in [0.2, 0.25) is 0 Å². The summed E-state index contributed by atoms with van der Waals surface area (Å²) in [5, 5.41) is 3.20. The molecule has 11 aromatic rings. The molecule has 0 amide bonds. The molecule has 0 atom stereocenters. The van der Waals surface area contributed by atoms with Gasteiger partial charge in [0.25, 0.3) is 0 Å². The topological polar surface area (TPSA) is 48.0 Å². The fourth-order valence-electron chi connectivity index (χ4n) is 9.43. The van der Waals surface area contributed by atoms with Crippen molar-refractivity contribution in [1.82, 2.24) is 23.9 Å². The smallest absolute Gasteiger partial charge is 0.235 e. The van der Waals surface area contributed by atoms with E-state index in [1.54, 1.807) is 0 Å². The second kappa shape index (κ2) is 11.3. The summed E-state index contributed by atoms with van der Waals surface area (Å²) in [5.74, 6) is 0.626. The zero-order valence-corrected chi connectivity index (χ0v) is 29.6. The van der Waals surface area contributed by atoms with Crippen LogP contribution >= 0.6 is 0 Å². The van der Waals surface area contributed by atoms with Gasteiger partial charge in [-0.15, -0.1) is 0 Å². The highest BCUT2D eigenvalue weighted by Gasteiger charge is 2.50. The lowest BCUT2D eigenvalue weighted by Crippen LogP contribution is -2.30. The van der Waals surface area contributed by atoms with Crippen LogP contribution in [0, 0.1) is 0 Å². The summed E-state index contributed by atoms with van der Waals surface area (Å²) < 4.78 is 4.77. The minimum Gasteiger partial charge on any atom is -0.294 e. The number of para-hydroxylation sites is 4. The van der Waals surface area contributed by atoms with Crippen molar-refractivity contribution in [3.05, 3.63) is 210 Å². The van der Waals surface area contributed by atoms with Gasteiger partial charge in [0.05, 0.1) is 49.8 Å². The SMILES string of the molecule is c1ccc(-c2nc(-n3c4ccccc4c4c3c3c(n5c6ccccc6nc45)C(c4ccccc4)(c4ccccc4)c4ccccc4-3)nc3ccccc23)cc1. The minimum atomic E-state index is -0.676. The molecule has 0 unspecified atom stereocenters. The Morgan fingerprint density at radius 3 is 1.78 bits per heavy atom. The third-order valence-corrected chi connectivity index (χ3v) is 11.6. The van der Waals surface area contributed by atoms with Gasteiger partial charge in [-0.05, 0) is 46.5 Å². The maximum atomic E-state index is 5.52. The summed E-state index contributed by atoms with van der Waals surface area (Å²) in [7, 11) is 0. The van der Waals surface area contributed by atoms with Crippen LogP contribution in [0.15, 0.2) is 188 Å². The monoisotopic (exact) mass is 701 g/mol. The first-order chi connectivity index (χ1) is 27.3. The van der Waals surface area contributed by atoms with Gasteiger partial charge >= 0.3 is 0 Å². The van der Waals surface area contributed by atoms with Gasteiger partial charge in [-0.2, -0.15) is 0 Å². The van der Waals surface area contributed by atoms with E-state index in [1.165, 1.54) is 22.3 Å². The molecule has 0 radical (unpaired) electrons. The molecule has 1 aliphatic carbocycles. The highest BCUT2D eigenvalue weighted by atomic mass is 15.2. The van der Waals surface area contributed by atoms with Crippen LogP contribution in [0.25, 0.3) is 77.7 Å². The molecule has 0 saturated carbocycles. The van der Waals surface area contributed by atoms with Crippen molar-refractivity contribution in [2.24, 2.45) is 0 Å². The normalized spacial score (nSPS) is 13.2. The van der Waals surface area contributed by atoms with E-state index in [2.05, 4.69) is 191 Å². The van der Waals surface area contributed by atoms with Crippen molar-refractivity contribution in [3.63, 3.8) is 0 Å². The summed E-state index contributed by atoms with van der Waals surface area (Å²) in [6, 6.07) is 66.9. The zero-order chi connectivity index (χ0) is 36.1. The first-order valence-electron chi connectivity index (χ1n) is 18.7.